The maximum Gasteiger partial charge on any atom is 0.274 e. The molecule has 0 spiro atoms. The highest BCUT2D eigenvalue weighted by atomic mass is 16.6. The van der Waals surface area contributed by atoms with Gasteiger partial charge in [0.15, 0.2) is 0 Å². The number of para-hydroxylation sites is 1. The van der Waals surface area contributed by atoms with E-state index in [4.69, 9.17) is 4.74 Å². The van der Waals surface area contributed by atoms with Gasteiger partial charge < -0.3 is 10.1 Å². The molecular weight excluding hydrogens is 256 g/mol. The number of ether oxygens (including phenoxy) is 1. The third kappa shape index (κ3) is 4.90. The molecule has 0 saturated carbocycles. The average Bonchev–Trinajstić information content (AvgIpc) is 2.42. The fourth-order valence-corrected chi connectivity index (χ4v) is 2.03. The zero-order chi connectivity index (χ0) is 15.2. The van der Waals surface area contributed by atoms with Crippen LogP contribution in [0.15, 0.2) is 24.3 Å². The lowest BCUT2D eigenvalue weighted by atomic mass is 9.89. The Morgan fingerprint density at radius 3 is 2.65 bits per heavy atom. The largest absolute Gasteiger partial charge is 0.385 e. The highest BCUT2D eigenvalue weighted by Crippen LogP contribution is 2.26. The molecule has 0 amide bonds. The Bertz CT molecular complexity index is 446. The first kappa shape index (κ1) is 16.6. The minimum Gasteiger partial charge on any atom is -0.385 e. The Labute approximate surface area is 120 Å². The van der Waals surface area contributed by atoms with Gasteiger partial charge in [0.1, 0.15) is 0 Å². The third-order valence-electron chi connectivity index (χ3n) is 3.47. The maximum absolute atomic E-state index is 11.0. The first-order valence-electron chi connectivity index (χ1n) is 6.83. The molecule has 5 heteroatoms. The molecule has 0 radical (unpaired) electrons. The molecule has 0 heterocycles. The molecule has 1 unspecified atom stereocenters. The monoisotopic (exact) mass is 280 g/mol. The van der Waals surface area contributed by atoms with E-state index in [2.05, 4.69) is 19.2 Å². The van der Waals surface area contributed by atoms with Crippen LogP contribution in [0, 0.1) is 15.5 Å². The van der Waals surface area contributed by atoms with Gasteiger partial charge in [0.05, 0.1) is 4.92 Å². The highest BCUT2D eigenvalue weighted by molar-refractivity contribution is 5.41. The first-order chi connectivity index (χ1) is 9.37. The van der Waals surface area contributed by atoms with Gasteiger partial charge in [0.2, 0.25) is 0 Å². The normalized spacial score (nSPS) is 13.2. The molecule has 0 bridgehead atoms. The number of nitrogens with one attached hydrogen (secondary N) is 1. The number of hydrogen-bond acceptors (Lipinski definition) is 4. The SMILES string of the molecule is COCCC(C)(C)CNC(C)c1ccccc1[N+](=O)[O-]. The number of methoxy groups -OCH3 is 1. The summed E-state index contributed by atoms with van der Waals surface area (Å²) < 4.78 is 5.10. The van der Waals surface area contributed by atoms with Crippen molar-refractivity contribution in [1.82, 2.24) is 5.32 Å². The molecule has 0 aliphatic heterocycles. The van der Waals surface area contributed by atoms with Gasteiger partial charge in [-0.1, -0.05) is 32.0 Å². The number of nitro benzene ring substituents is 1. The molecule has 1 rings (SSSR count). The predicted octanol–water partition coefficient (Wildman–Crippen LogP) is 3.31. The molecule has 20 heavy (non-hydrogen) atoms. The number of nitro groups is 1. The Balaban J connectivity index is 2.68. The van der Waals surface area contributed by atoms with Crippen molar-refractivity contribution in [3.05, 3.63) is 39.9 Å². The summed E-state index contributed by atoms with van der Waals surface area (Å²) in [5, 5.41) is 14.4. The number of benzene rings is 1. The van der Waals surface area contributed by atoms with Crippen molar-refractivity contribution in [3.63, 3.8) is 0 Å². The number of hydrogen-bond donors (Lipinski definition) is 1. The molecule has 0 aliphatic carbocycles. The van der Waals surface area contributed by atoms with Crippen molar-refractivity contribution in [2.45, 2.75) is 33.2 Å². The van der Waals surface area contributed by atoms with Crippen molar-refractivity contribution in [3.8, 4) is 0 Å². The average molecular weight is 280 g/mol. The van der Waals surface area contributed by atoms with E-state index in [-0.39, 0.29) is 22.1 Å². The van der Waals surface area contributed by atoms with Crippen LogP contribution in [0.4, 0.5) is 5.69 Å². The van der Waals surface area contributed by atoms with Crippen molar-refractivity contribution in [1.29, 1.82) is 0 Å². The van der Waals surface area contributed by atoms with Crippen LogP contribution in [-0.4, -0.2) is 25.2 Å². The Morgan fingerprint density at radius 1 is 1.40 bits per heavy atom. The molecule has 1 aromatic rings. The summed E-state index contributed by atoms with van der Waals surface area (Å²) in [5.41, 5.74) is 0.982. The van der Waals surface area contributed by atoms with Gasteiger partial charge in [-0.05, 0) is 18.8 Å². The van der Waals surface area contributed by atoms with E-state index in [1.54, 1.807) is 25.3 Å². The van der Waals surface area contributed by atoms with Gasteiger partial charge in [-0.3, -0.25) is 10.1 Å². The first-order valence-corrected chi connectivity index (χ1v) is 6.83. The highest BCUT2D eigenvalue weighted by Gasteiger charge is 2.22. The lowest BCUT2D eigenvalue weighted by Crippen LogP contribution is -2.32. The quantitative estimate of drug-likeness (QED) is 0.586. The van der Waals surface area contributed by atoms with E-state index in [0.29, 0.717) is 6.61 Å². The van der Waals surface area contributed by atoms with Crippen LogP contribution in [0.5, 0.6) is 0 Å². The molecule has 1 aromatic carbocycles. The molecular formula is C15H24N2O3. The molecule has 0 saturated heterocycles. The van der Waals surface area contributed by atoms with Gasteiger partial charge in [-0.2, -0.15) is 0 Å². The van der Waals surface area contributed by atoms with E-state index in [1.165, 1.54) is 0 Å². The van der Waals surface area contributed by atoms with Crippen LogP contribution in [0.2, 0.25) is 0 Å². The smallest absolute Gasteiger partial charge is 0.274 e. The van der Waals surface area contributed by atoms with Crippen molar-refractivity contribution in [2.75, 3.05) is 20.3 Å². The van der Waals surface area contributed by atoms with Crippen LogP contribution in [0.1, 0.15) is 38.8 Å². The van der Waals surface area contributed by atoms with Crippen molar-refractivity contribution >= 4 is 5.69 Å². The zero-order valence-electron chi connectivity index (χ0n) is 12.7. The standard InChI is InChI=1S/C15H24N2O3/c1-12(16-11-15(2,3)9-10-20-4)13-7-5-6-8-14(13)17(18)19/h5-8,12,16H,9-11H2,1-4H3. The fourth-order valence-electron chi connectivity index (χ4n) is 2.03. The number of rotatable bonds is 8. The van der Waals surface area contributed by atoms with E-state index in [0.717, 1.165) is 18.5 Å². The summed E-state index contributed by atoms with van der Waals surface area (Å²) >= 11 is 0. The lowest BCUT2D eigenvalue weighted by molar-refractivity contribution is -0.385. The minimum atomic E-state index is -0.330. The molecule has 112 valence electrons. The predicted molar refractivity (Wildman–Crippen MR) is 79.8 cm³/mol. The Hall–Kier alpha value is -1.46. The van der Waals surface area contributed by atoms with Gasteiger partial charge in [-0.25, -0.2) is 0 Å². The molecule has 0 fully saturated rings. The molecule has 5 nitrogen and oxygen atoms in total. The van der Waals surface area contributed by atoms with Crippen LogP contribution in [0.25, 0.3) is 0 Å². The summed E-state index contributed by atoms with van der Waals surface area (Å²) in [5.74, 6) is 0. The zero-order valence-corrected chi connectivity index (χ0v) is 12.7. The van der Waals surface area contributed by atoms with E-state index >= 15 is 0 Å². The van der Waals surface area contributed by atoms with Crippen LogP contribution < -0.4 is 5.32 Å². The summed E-state index contributed by atoms with van der Waals surface area (Å²) in [4.78, 5) is 10.7. The Morgan fingerprint density at radius 2 is 2.05 bits per heavy atom. The van der Waals surface area contributed by atoms with E-state index in [9.17, 15) is 10.1 Å². The van der Waals surface area contributed by atoms with Crippen LogP contribution in [0.3, 0.4) is 0 Å². The van der Waals surface area contributed by atoms with Gasteiger partial charge in [0, 0.05) is 37.9 Å². The molecule has 0 aromatic heterocycles. The summed E-state index contributed by atoms with van der Waals surface area (Å²) in [6.07, 6.45) is 0.945. The molecule has 1 atom stereocenters. The van der Waals surface area contributed by atoms with Crippen molar-refractivity contribution in [2.24, 2.45) is 5.41 Å². The second kappa shape index (κ2) is 7.36. The summed E-state index contributed by atoms with van der Waals surface area (Å²) in [6, 6.07) is 6.81. The van der Waals surface area contributed by atoms with Crippen LogP contribution in [-0.2, 0) is 4.74 Å². The fraction of sp³-hybridized carbons (Fsp3) is 0.600. The van der Waals surface area contributed by atoms with E-state index in [1.807, 2.05) is 13.0 Å². The molecule has 1 N–H and O–H groups in total. The summed E-state index contributed by atoms with van der Waals surface area (Å²) in [7, 11) is 1.69. The van der Waals surface area contributed by atoms with E-state index < -0.39 is 0 Å². The lowest BCUT2D eigenvalue weighted by Gasteiger charge is -2.27. The minimum absolute atomic E-state index is 0.0570. The van der Waals surface area contributed by atoms with Crippen LogP contribution >= 0.6 is 0 Å². The molecule has 0 aliphatic rings. The summed E-state index contributed by atoms with van der Waals surface area (Å²) in [6.45, 7) is 7.77. The number of nitrogens with zero attached hydrogens (tertiary/aromatic N) is 1. The van der Waals surface area contributed by atoms with Gasteiger partial charge in [-0.15, -0.1) is 0 Å². The second-order valence-corrected chi connectivity index (χ2v) is 5.83. The third-order valence-corrected chi connectivity index (χ3v) is 3.47. The maximum atomic E-state index is 11.0. The van der Waals surface area contributed by atoms with Gasteiger partial charge in [0.25, 0.3) is 5.69 Å². The Kier molecular flexibility index (Phi) is 6.10. The second-order valence-electron chi connectivity index (χ2n) is 5.83. The topological polar surface area (TPSA) is 64.4 Å². The van der Waals surface area contributed by atoms with Crippen molar-refractivity contribution < 1.29 is 9.66 Å². The van der Waals surface area contributed by atoms with Gasteiger partial charge >= 0.3 is 0 Å².